The van der Waals surface area contributed by atoms with Crippen molar-refractivity contribution in [2.45, 2.75) is 32.5 Å². The number of aromatic nitrogens is 1. The molecule has 2 rings (SSSR count). The first-order valence-corrected chi connectivity index (χ1v) is 6.42. The minimum atomic E-state index is 0.574. The first-order chi connectivity index (χ1) is 7.15. The third-order valence-electron chi connectivity index (χ3n) is 2.78. The van der Waals surface area contributed by atoms with Gasteiger partial charge in [-0.05, 0) is 13.8 Å². The van der Waals surface area contributed by atoms with Gasteiger partial charge in [0, 0.05) is 42.8 Å². The molecule has 84 valence electrons. The van der Waals surface area contributed by atoms with Crippen molar-refractivity contribution in [2.24, 2.45) is 0 Å². The van der Waals surface area contributed by atoms with E-state index >= 15 is 0 Å². The summed E-state index contributed by atoms with van der Waals surface area (Å²) in [5.74, 6) is 0. The van der Waals surface area contributed by atoms with Crippen molar-refractivity contribution < 1.29 is 0 Å². The molecule has 0 bridgehead atoms. The lowest BCUT2D eigenvalue weighted by Crippen LogP contribution is -2.53. The van der Waals surface area contributed by atoms with Gasteiger partial charge in [-0.2, -0.15) is 0 Å². The van der Waals surface area contributed by atoms with E-state index in [-0.39, 0.29) is 0 Å². The van der Waals surface area contributed by atoms with E-state index < -0.39 is 0 Å². The van der Waals surface area contributed by atoms with E-state index in [0.717, 1.165) is 19.6 Å². The van der Waals surface area contributed by atoms with Gasteiger partial charge in [-0.3, -0.25) is 4.90 Å². The molecule has 0 aliphatic carbocycles. The monoisotopic (exact) mass is 245 g/mol. The zero-order chi connectivity index (χ0) is 10.8. The average molecular weight is 246 g/mol. The summed E-state index contributed by atoms with van der Waals surface area (Å²) >= 11 is 7.40. The lowest BCUT2D eigenvalue weighted by molar-refractivity contribution is 0.140. The van der Waals surface area contributed by atoms with Crippen LogP contribution in [0.3, 0.4) is 0 Å². The molecule has 1 aliphatic rings. The van der Waals surface area contributed by atoms with Crippen LogP contribution in [-0.2, 0) is 6.54 Å². The minimum absolute atomic E-state index is 0.574. The van der Waals surface area contributed by atoms with Crippen LogP contribution >= 0.6 is 22.9 Å². The van der Waals surface area contributed by atoms with Gasteiger partial charge in [0.05, 0.1) is 0 Å². The molecule has 1 N–H and O–H groups in total. The molecule has 2 heterocycles. The van der Waals surface area contributed by atoms with Crippen molar-refractivity contribution in [3.8, 4) is 0 Å². The van der Waals surface area contributed by atoms with E-state index in [9.17, 15) is 0 Å². The molecular formula is C10H16ClN3S. The maximum atomic E-state index is 5.82. The van der Waals surface area contributed by atoms with E-state index in [1.807, 2.05) is 6.20 Å². The van der Waals surface area contributed by atoms with Crippen LogP contribution in [0.2, 0.25) is 4.47 Å². The molecule has 0 amide bonds. The molecule has 15 heavy (non-hydrogen) atoms. The Hall–Kier alpha value is -0.160. The van der Waals surface area contributed by atoms with Gasteiger partial charge in [0.15, 0.2) is 4.47 Å². The van der Waals surface area contributed by atoms with E-state index in [4.69, 9.17) is 11.6 Å². The molecule has 1 aromatic rings. The van der Waals surface area contributed by atoms with Gasteiger partial charge in [0.2, 0.25) is 0 Å². The maximum Gasteiger partial charge on any atom is 0.183 e. The summed E-state index contributed by atoms with van der Waals surface area (Å²) in [4.78, 5) is 7.80. The Balaban J connectivity index is 1.98. The number of rotatable bonds is 2. The van der Waals surface area contributed by atoms with Crippen LogP contribution in [0.15, 0.2) is 6.20 Å². The average Bonchev–Trinajstić information content (AvgIpc) is 2.58. The van der Waals surface area contributed by atoms with Gasteiger partial charge in [0.25, 0.3) is 0 Å². The van der Waals surface area contributed by atoms with E-state index in [1.165, 1.54) is 4.88 Å². The summed E-state index contributed by atoms with van der Waals surface area (Å²) < 4.78 is 0.640. The lowest BCUT2D eigenvalue weighted by Gasteiger charge is -2.37. The van der Waals surface area contributed by atoms with Crippen LogP contribution in [0, 0.1) is 0 Å². The Labute approximate surface area is 99.5 Å². The predicted molar refractivity (Wildman–Crippen MR) is 64.5 cm³/mol. The second-order valence-electron chi connectivity index (χ2n) is 4.17. The van der Waals surface area contributed by atoms with Crippen molar-refractivity contribution in [3.63, 3.8) is 0 Å². The number of hydrogen-bond donors (Lipinski definition) is 1. The molecule has 1 saturated heterocycles. The van der Waals surface area contributed by atoms with Crippen LogP contribution in [0.25, 0.3) is 0 Å². The molecule has 2 atom stereocenters. The molecule has 3 nitrogen and oxygen atoms in total. The van der Waals surface area contributed by atoms with Gasteiger partial charge in [0.1, 0.15) is 0 Å². The Morgan fingerprint density at radius 2 is 2.47 bits per heavy atom. The second kappa shape index (κ2) is 4.78. The van der Waals surface area contributed by atoms with Gasteiger partial charge in [-0.15, -0.1) is 11.3 Å². The molecular weight excluding hydrogens is 230 g/mol. The fourth-order valence-electron chi connectivity index (χ4n) is 1.87. The standard InChI is InChI=1S/C10H16ClN3S/c1-7-5-14(8(2)3-12-7)6-9-4-13-10(11)15-9/h4,7-8,12H,3,5-6H2,1-2H3. The molecule has 5 heteroatoms. The summed E-state index contributed by atoms with van der Waals surface area (Å²) in [5, 5.41) is 3.47. The van der Waals surface area contributed by atoms with Crippen LogP contribution in [0.4, 0.5) is 0 Å². The smallest absolute Gasteiger partial charge is 0.183 e. The number of hydrogen-bond acceptors (Lipinski definition) is 4. The summed E-state index contributed by atoms with van der Waals surface area (Å²) in [6.07, 6.45) is 1.88. The largest absolute Gasteiger partial charge is 0.311 e. The minimum Gasteiger partial charge on any atom is -0.311 e. The van der Waals surface area contributed by atoms with Crippen molar-refractivity contribution in [1.82, 2.24) is 15.2 Å². The predicted octanol–water partition coefficient (Wildman–Crippen LogP) is 1.98. The summed E-state index contributed by atoms with van der Waals surface area (Å²) in [7, 11) is 0. The normalized spacial score (nSPS) is 28.2. The van der Waals surface area contributed by atoms with Crippen molar-refractivity contribution >= 4 is 22.9 Å². The molecule has 1 aliphatic heterocycles. The van der Waals surface area contributed by atoms with Gasteiger partial charge in [-0.1, -0.05) is 11.6 Å². The Morgan fingerprint density at radius 1 is 1.67 bits per heavy atom. The summed E-state index contributed by atoms with van der Waals surface area (Å²) in [6.45, 7) is 7.60. The highest BCUT2D eigenvalue weighted by atomic mass is 35.5. The Morgan fingerprint density at radius 3 is 3.13 bits per heavy atom. The summed E-state index contributed by atoms with van der Waals surface area (Å²) in [5.41, 5.74) is 0. The first kappa shape index (κ1) is 11.3. The fourth-order valence-corrected chi connectivity index (χ4v) is 2.88. The number of halogens is 1. The van der Waals surface area contributed by atoms with Crippen LogP contribution < -0.4 is 5.32 Å². The zero-order valence-electron chi connectivity index (χ0n) is 9.03. The number of piperazine rings is 1. The molecule has 0 radical (unpaired) electrons. The number of thiazole rings is 1. The molecule has 0 spiro atoms. The molecule has 0 aromatic carbocycles. The molecule has 1 fully saturated rings. The number of nitrogens with zero attached hydrogens (tertiary/aromatic N) is 2. The Bertz CT molecular complexity index is 328. The maximum absolute atomic E-state index is 5.82. The third-order valence-corrected chi connectivity index (χ3v) is 3.88. The lowest BCUT2D eigenvalue weighted by atomic mass is 10.1. The van der Waals surface area contributed by atoms with Gasteiger partial charge < -0.3 is 5.32 Å². The van der Waals surface area contributed by atoms with Crippen molar-refractivity contribution in [1.29, 1.82) is 0 Å². The second-order valence-corrected chi connectivity index (χ2v) is 5.86. The highest BCUT2D eigenvalue weighted by Crippen LogP contribution is 2.21. The van der Waals surface area contributed by atoms with Crippen LogP contribution in [0.5, 0.6) is 0 Å². The fraction of sp³-hybridized carbons (Fsp3) is 0.700. The van der Waals surface area contributed by atoms with Gasteiger partial charge >= 0.3 is 0 Å². The van der Waals surface area contributed by atoms with Crippen LogP contribution in [0.1, 0.15) is 18.7 Å². The Kier molecular flexibility index (Phi) is 3.61. The van der Waals surface area contributed by atoms with Crippen molar-refractivity contribution in [2.75, 3.05) is 13.1 Å². The first-order valence-electron chi connectivity index (χ1n) is 5.23. The quantitative estimate of drug-likeness (QED) is 0.864. The molecule has 1 aromatic heterocycles. The van der Waals surface area contributed by atoms with E-state index in [1.54, 1.807) is 11.3 Å². The number of nitrogens with one attached hydrogen (secondary N) is 1. The van der Waals surface area contributed by atoms with Crippen molar-refractivity contribution in [3.05, 3.63) is 15.5 Å². The summed E-state index contributed by atoms with van der Waals surface area (Å²) in [6, 6.07) is 1.16. The third kappa shape index (κ3) is 2.91. The van der Waals surface area contributed by atoms with Gasteiger partial charge in [-0.25, -0.2) is 4.98 Å². The molecule has 2 unspecified atom stereocenters. The van der Waals surface area contributed by atoms with E-state index in [0.29, 0.717) is 16.6 Å². The van der Waals surface area contributed by atoms with E-state index in [2.05, 4.69) is 29.0 Å². The highest BCUT2D eigenvalue weighted by Gasteiger charge is 2.22. The zero-order valence-corrected chi connectivity index (χ0v) is 10.6. The highest BCUT2D eigenvalue weighted by molar-refractivity contribution is 7.15. The molecule has 0 saturated carbocycles. The SMILES string of the molecule is CC1CN(Cc2cnc(Cl)s2)C(C)CN1. The topological polar surface area (TPSA) is 28.2 Å². The van der Waals surface area contributed by atoms with Crippen LogP contribution in [-0.4, -0.2) is 35.1 Å².